The van der Waals surface area contributed by atoms with E-state index in [2.05, 4.69) is 34.5 Å². The molecule has 2 aromatic carbocycles. The Hall–Kier alpha value is -1.87. The molecule has 0 bridgehead atoms. The largest absolute Gasteiger partial charge is 0.378 e. The summed E-state index contributed by atoms with van der Waals surface area (Å²) >= 11 is 0. The molecule has 0 aliphatic rings. The maximum absolute atomic E-state index is 13.0. The number of halogens is 1. The molecule has 2 aromatic rings. The molecule has 0 heterocycles. The van der Waals surface area contributed by atoms with Gasteiger partial charge in [0.1, 0.15) is 5.82 Å². The normalized spacial score (nSPS) is 10.5. The Morgan fingerprint density at radius 3 is 2.26 bits per heavy atom. The second-order valence-electron chi connectivity index (χ2n) is 4.79. The number of nitrogens with zero attached hydrogens (tertiary/aromatic N) is 1. The highest BCUT2D eigenvalue weighted by Gasteiger charge is 1.98. The molecule has 0 saturated carbocycles. The van der Waals surface area contributed by atoms with Crippen molar-refractivity contribution >= 4 is 5.69 Å². The van der Waals surface area contributed by atoms with Gasteiger partial charge in [0.15, 0.2) is 0 Å². The van der Waals surface area contributed by atoms with Crippen LogP contribution in [0.15, 0.2) is 48.5 Å². The third-order valence-electron chi connectivity index (χ3n) is 3.00. The predicted octanol–water partition coefficient (Wildman–Crippen LogP) is 3.18. The fraction of sp³-hybridized carbons (Fsp3) is 0.250. The van der Waals surface area contributed by atoms with Gasteiger partial charge in [-0.2, -0.15) is 0 Å². The standard InChI is InChI=1S/C16H19FN2/c1-19(2)16-8-6-13(7-9-16)11-18-12-14-4-3-5-15(17)10-14/h3-10,18H,11-12H2,1-2H3. The Labute approximate surface area is 113 Å². The van der Waals surface area contributed by atoms with Crippen molar-refractivity contribution in [3.8, 4) is 0 Å². The van der Waals surface area contributed by atoms with Crippen LogP contribution in [0, 0.1) is 5.82 Å². The van der Waals surface area contributed by atoms with E-state index in [-0.39, 0.29) is 5.82 Å². The van der Waals surface area contributed by atoms with Gasteiger partial charge >= 0.3 is 0 Å². The lowest BCUT2D eigenvalue weighted by Crippen LogP contribution is -2.13. The molecule has 0 fully saturated rings. The van der Waals surface area contributed by atoms with E-state index in [0.29, 0.717) is 6.54 Å². The van der Waals surface area contributed by atoms with Gasteiger partial charge in [0.05, 0.1) is 0 Å². The van der Waals surface area contributed by atoms with Gasteiger partial charge < -0.3 is 10.2 Å². The van der Waals surface area contributed by atoms with Gasteiger partial charge in [-0.1, -0.05) is 24.3 Å². The maximum Gasteiger partial charge on any atom is 0.123 e. The monoisotopic (exact) mass is 258 g/mol. The van der Waals surface area contributed by atoms with Gasteiger partial charge in [0.25, 0.3) is 0 Å². The Morgan fingerprint density at radius 1 is 0.947 bits per heavy atom. The van der Waals surface area contributed by atoms with Crippen LogP contribution in [0.2, 0.25) is 0 Å². The van der Waals surface area contributed by atoms with Crippen molar-refractivity contribution in [1.29, 1.82) is 0 Å². The molecule has 0 amide bonds. The van der Waals surface area contributed by atoms with E-state index in [1.54, 1.807) is 12.1 Å². The number of hydrogen-bond acceptors (Lipinski definition) is 2. The molecular weight excluding hydrogens is 239 g/mol. The molecule has 0 spiro atoms. The molecule has 19 heavy (non-hydrogen) atoms. The van der Waals surface area contributed by atoms with Crippen molar-refractivity contribution in [2.24, 2.45) is 0 Å². The summed E-state index contributed by atoms with van der Waals surface area (Å²) < 4.78 is 13.0. The second kappa shape index (κ2) is 6.34. The van der Waals surface area contributed by atoms with Gasteiger partial charge in [0, 0.05) is 32.9 Å². The van der Waals surface area contributed by atoms with E-state index < -0.39 is 0 Å². The fourth-order valence-electron chi connectivity index (χ4n) is 1.91. The van der Waals surface area contributed by atoms with Crippen LogP contribution in [-0.2, 0) is 13.1 Å². The average Bonchev–Trinajstić information content (AvgIpc) is 2.39. The number of benzene rings is 2. The summed E-state index contributed by atoms with van der Waals surface area (Å²) in [5.74, 6) is -0.186. The van der Waals surface area contributed by atoms with Crippen molar-refractivity contribution in [1.82, 2.24) is 5.32 Å². The first-order chi connectivity index (χ1) is 9.15. The minimum atomic E-state index is -0.186. The molecule has 100 valence electrons. The van der Waals surface area contributed by atoms with Gasteiger partial charge in [-0.3, -0.25) is 0 Å². The molecule has 0 saturated heterocycles. The highest BCUT2D eigenvalue weighted by Crippen LogP contribution is 2.12. The van der Waals surface area contributed by atoms with Crippen LogP contribution in [0.1, 0.15) is 11.1 Å². The molecule has 0 atom stereocenters. The van der Waals surface area contributed by atoms with Gasteiger partial charge in [0.2, 0.25) is 0 Å². The molecule has 0 radical (unpaired) electrons. The van der Waals surface area contributed by atoms with E-state index in [9.17, 15) is 4.39 Å². The first kappa shape index (κ1) is 13.6. The Kier molecular flexibility index (Phi) is 4.53. The van der Waals surface area contributed by atoms with Crippen molar-refractivity contribution in [3.63, 3.8) is 0 Å². The smallest absolute Gasteiger partial charge is 0.123 e. The summed E-state index contributed by atoms with van der Waals surface area (Å²) in [5, 5.41) is 3.31. The van der Waals surface area contributed by atoms with E-state index in [1.165, 1.54) is 17.3 Å². The minimum Gasteiger partial charge on any atom is -0.378 e. The molecule has 0 aliphatic carbocycles. The van der Waals surface area contributed by atoms with E-state index >= 15 is 0 Å². The minimum absolute atomic E-state index is 0.186. The van der Waals surface area contributed by atoms with Crippen molar-refractivity contribution in [3.05, 3.63) is 65.5 Å². The Morgan fingerprint density at radius 2 is 1.63 bits per heavy atom. The van der Waals surface area contributed by atoms with Crippen LogP contribution in [0.5, 0.6) is 0 Å². The lowest BCUT2D eigenvalue weighted by molar-refractivity contribution is 0.620. The summed E-state index contributed by atoms with van der Waals surface area (Å²) in [6, 6.07) is 15.1. The fourth-order valence-corrected chi connectivity index (χ4v) is 1.91. The zero-order valence-electron chi connectivity index (χ0n) is 11.4. The lowest BCUT2D eigenvalue weighted by Gasteiger charge is -2.13. The first-order valence-electron chi connectivity index (χ1n) is 6.36. The van der Waals surface area contributed by atoms with E-state index in [0.717, 1.165) is 12.1 Å². The van der Waals surface area contributed by atoms with Crippen molar-refractivity contribution in [2.75, 3.05) is 19.0 Å². The van der Waals surface area contributed by atoms with Crippen LogP contribution in [0.25, 0.3) is 0 Å². The highest BCUT2D eigenvalue weighted by molar-refractivity contribution is 5.45. The molecule has 2 rings (SSSR count). The molecule has 1 N–H and O–H groups in total. The lowest BCUT2D eigenvalue weighted by atomic mass is 10.2. The number of nitrogens with one attached hydrogen (secondary N) is 1. The maximum atomic E-state index is 13.0. The zero-order valence-corrected chi connectivity index (χ0v) is 11.4. The van der Waals surface area contributed by atoms with Gasteiger partial charge in [-0.05, 0) is 35.4 Å². The summed E-state index contributed by atoms with van der Waals surface area (Å²) in [6.07, 6.45) is 0. The predicted molar refractivity (Wildman–Crippen MR) is 77.7 cm³/mol. The molecule has 0 aromatic heterocycles. The van der Waals surface area contributed by atoms with Crippen LogP contribution >= 0.6 is 0 Å². The molecule has 2 nitrogen and oxygen atoms in total. The van der Waals surface area contributed by atoms with Crippen molar-refractivity contribution in [2.45, 2.75) is 13.1 Å². The van der Waals surface area contributed by atoms with Crippen LogP contribution in [0.3, 0.4) is 0 Å². The summed E-state index contributed by atoms with van der Waals surface area (Å²) in [5.41, 5.74) is 3.38. The molecule has 3 heteroatoms. The Bertz CT molecular complexity index is 521. The topological polar surface area (TPSA) is 15.3 Å². The van der Waals surface area contributed by atoms with Crippen molar-refractivity contribution < 1.29 is 4.39 Å². The molecule has 0 aliphatic heterocycles. The van der Waals surface area contributed by atoms with E-state index in [4.69, 9.17) is 0 Å². The van der Waals surface area contributed by atoms with Crippen LogP contribution in [0.4, 0.5) is 10.1 Å². The summed E-state index contributed by atoms with van der Waals surface area (Å²) in [7, 11) is 4.05. The molecule has 0 unspecified atom stereocenters. The number of rotatable bonds is 5. The summed E-state index contributed by atoms with van der Waals surface area (Å²) in [6.45, 7) is 1.46. The third kappa shape index (κ3) is 4.07. The Balaban J connectivity index is 1.85. The zero-order chi connectivity index (χ0) is 13.7. The average molecular weight is 258 g/mol. The SMILES string of the molecule is CN(C)c1ccc(CNCc2cccc(F)c2)cc1. The number of hydrogen-bond donors (Lipinski definition) is 1. The second-order valence-corrected chi connectivity index (χ2v) is 4.79. The van der Waals surface area contributed by atoms with Gasteiger partial charge in [-0.25, -0.2) is 4.39 Å². The van der Waals surface area contributed by atoms with E-state index in [1.807, 2.05) is 20.2 Å². The quantitative estimate of drug-likeness (QED) is 0.886. The van der Waals surface area contributed by atoms with Crippen LogP contribution < -0.4 is 10.2 Å². The highest BCUT2D eigenvalue weighted by atomic mass is 19.1. The number of anilines is 1. The summed E-state index contributed by atoms with van der Waals surface area (Å²) in [4.78, 5) is 2.07. The molecular formula is C16H19FN2. The first-order valence-corrected chi connectivity index (χ1v) is 6.36. The van der Waals surface area contributed by atoms with Crippen LogP contribution in [-0.4, -0.2) is 14.1 Å². The third-order valence-corrected chi connectivity index (χ3v) is 3.00. The van der Waals surface area contributed by atoms with Gasteiger partial charge in [-0.15, -0.1) is 0 Å².